The second-order valence-electron chi connectivity index (χ2n) is 4.42. The molecule has 16 heavy (non-hydrogen) atoms. The van der Waals surface area contributed by atoms with Crippen LogP contribution in [0.1, 0.15) is 39.5 Å². The Morgan fingerprint density at radius 3 is 2.31 bits per heavy atom. The van der Waals surface area contributed by atoms with Gasteiger partial charge in [-0.1, -0.05) is 19.0 Å². The Labute approximate surface area is 96.3 Å². The van der Waals surface area contributed by atoms with Gasteiger partial charge in [0.2, 0.25) is 5.91 Å². The summed E-state index contributed by atoms with van der Waals surface area (Å²) in [7, 11) is 1.80. The molecule has 0 unspecified atom stereocenters. The molecular weight excluding hydrogens is 206 g/mol. The second kappa shape index (κ2) is 4.72. The van der Waals surface area contributed by atoms with Crippen molar-refractivity contribution in [3.05, 3.63) is 0 Å². The molecule has 0 aromatic rings. The van der Waals surface area contributed by atoms with Crippen LogP contribution in [-0.4, -0.2) is 34.9 Å². The van der Waals surface area contributed by atoms with E-state index in [0.717, 1.165) is 12.8 Å². The van der Waals surface area contributed by atoms with Crippen LogP contribution < -0.4 is 5.73 Å². The Bertz CT molecular complexity index is 294. The maximum Gasteiger partial charge on any atom is 0.236 e. The maximum absolute atomic E-state index is 12.4. The molecule has 0 aromatic carbocycles. The van der Waals surface area contributed by atoms with Crippen LogP contribution in [0.4, 0.5) is 0 Å². The van der Waals surface area contributed by atoms with Crippen molar-refractivity contribution in [1.29, 1.82) is 0 Å². The van der Waals surface area contributed by atoms with Crippen molar-refractivity contribution in [2.24, 2.45) is 16.3 Å². The summed E-state index contributed by atoms with van der Waals surface area (Å²) in [6.07, 6.45) is 3.22. The van der Waals surface area contributed by atoms with Crippen LogP contribution in [0.25, 0.3) is 0 Å². The fourth-order valence-electron chi connectivity index (χ4n) is 2.09. The van der Waals surface area contributed by atoms with E-state index in [0.29, 0.717) is 18.9 Å². The number of amidine groups is 1. The van der Waals surface area contributed by atoms with E-state index in [4.69, 9.17) is 10.9 Å². The number of nitrogens with zero attached hydrogens (tertiary/aromatic N) is 2. The quantitative estimate of drug-likeness (QED) is 0.320. The highest BCUT2D eigenvalue weighted by atomic mass is 16.4. The largest absolute Gasteiger partial charge is 0.409 e. The number of amides is 1. The van der Waals surface area contributed by atoms with Crippen LogP contribution in [0, 0.1) is 5.41 Å². The van der Waals surface area contributed by atoms with E-state index in [-0.39, 0.29) is 11.7 Å². The summed E-state index contributed by atoms with van der Waals surface area (Å²) in [5.74, 6) is -0.00898. The lowest BCUT2D eigenvalue weighted by Crippen LogP contribution is -2.50. The van der Waals surface area contributed by atoms with Gasteiger partial charge in [0.1, 0.15) is 5.41 Å². The minimum atomic E-state index is -0.841. The van der Waals surface area contributed by atoms with Gasteiger partial charge < -0.3 is 15.8 Å². The van der Waals surface area contributed by atoms with Crippen molar-refractivity contribution in [3.63, 3.8) is 0 Å². The molecule has 1 aliphatic carbocycles. The highest BCUT2D eigenvalue weighted by molar-refractivity contribution is 6.06. The highest BCUT2D eigenvalue weighted by Gasteiger charge is 2.44. The first kappa shape index (κ1) is 12.8. The Kier molecular flexibility index (Phi) is 3.78. The Hall–Kier alpha value is -1.26. The predicted molar refractivity (Wildman–Crippen MR) is 62.2 cm³/mol. The molecule has 0 atom stereocenters. The fraction of sp³-hybridized carbons (Fsp3) is 0.818. The number of carbonyl (C=O) groups excluding carboxylic acids is 1. The average molecular weight is 227 g/mol. The van der Waals surface area contributed by atoms with Gasteiger partial charge in [0.05, 0.1) is 0 Å². The molecule has 0 radical (unpaired) electrons. The van der Waals surface area contributed by atoms with Crippen molar-refractivity contribution in [2.45, 2.75) is 45.6 Å². The third-order valence-electron chi connectivity index (χ3n) is 3.63. The summed E-state index contributed by atoms with van der Waals surface area (Å²) in [6, 6.07) is 0.344. The maximum atomic E-state index is 12.4. The molecule has 1 fully saturated rings. The van der Waals surface area contributed by atoms with E-state index in [9.17, 15) is 4.79 Å². The molecule has 0 spiro atoms. The van der Waals surface area contributed by atoms with Crippen molar-refractivity contribution in [3.8, 4) is 0 Å². The lowest BCUT2D eigenvalue weighted by Gasteiger charge is -2.33. The third kappa shape index (κ3) is 1.99. The van der Waals surface area contributed by atoms with Gasteiger partial charge in [-0.3, -0.25) is 4.79 Å². The van der Waals surface area contributed by atoms with Crippen LogP contribution in [0.5, 0.6) is 0 Å². The summed E-state index contributed by atoms with van der Waals surface area (Å²) < 4.78 is 0. The molecular formula is C11H21N3O2. The first-order chi connectivity index (χ1) is 7.53. The predicted octanol–water partition coefficient (Wildman–Crippen LogP) is 1.16. The molecule has 1 saturated carbocycles. The van der Waals surface area contributed by atoms with E-state index in [2.05, 4.69) is 5.16 Å². The highest BCUT2D eigenvalue weighted by Crippen LogP contribution is 2.34. The first-order valence-electron chi connectivity index (χ1n) is 5.78. The van der Waals surface area contributed by atoms with Gasteiger partial charge in [-0.25, -0.2) is 0 Å². The van der Waals surface area contributed by atoms with Crippen LogP contribution in [-0.2, 0) is 4.79 Å². The minimum Gasteiger partial charge on any atom is -0.409 e. The fourth-order valence-corrected chi connectivity index (χ4v) is 2.09. The molecule has 3 N–H and O–H groups in total. The summed E-state index contributed by atoms with van der Waals surface area (Å²) in [5.41, 5.74) is 4.84. The van der Waals surface area contributed by atoms with Gasteiger partial charge in [-0.15, -0.1) is 0 Å². The van der Waals surface area contributed by atoms with Crippen LogP contribution in [0.3, 0.4) is 0 Å². The van der Waals surface area contributed by atoms with E-state index < -0.39 is 5.41 Å². The molecule has 1 aliphatic rings. The van der Waals surface area contributed by atoms with Crippen LogP contribution in [0.2, 0.25) is 0 Å². The number of rotatable bonds is 5. The molecule has 0 bridgehead atoms. The SMILES string of the molecule is CCC(CC)(C(=O)N(C)C1CC1)C(N)=NO. The van der Waals surface area contributed by atoms with Crippen molar-refractivity contribution < 1.29 is 10.0 Å². The molecule has 0 aromatic heterocycles. The summed E-state index contributed by atoms with van der Waals surface area (Å²) >= 11 is 0. The number of oxime groups is 1. The smallest absolute Gasteiger partial charge is 0.236 e. The normalized spacial score (nSPS) is 17.3. The summed E-state index contributed by atoms with van der Waals surface area (Å²) in [5, 5.41) is 11.8. The zero-order valence-electron chi connectivity index (χ0n) is 10.2. The topological polar surface area (TPSA) is 78.9 Å². The number of carbonyl (C=O) groups is 1. The van der Waals surface area contributed by atoms with Crippen LogP contribution in [0.15, 0.2) is 5.16 Å². The first-order valence-corrected chi connectivity index (χ1v) is 5.78. The van der Waals surface area contributed by atoms with Crippen molar-refractivity contribution in [1.82, 2.24) is 4.90 Å². The molecule has 0 heterocycles. The molecule has 0 saturated heterocycles. The van der Waals surface area contributed by atoms with Gasteiger partial charge >= 0.3 is 0 Å². The zero-order valence-corrected chi connectivity index (χ0v) is 10.2. The van der Waals surface area contributed by atoms with E-state index in [1.165, 1.54) is 0 Å². The lowest BCUT2D eigenvalue weighted by atomic mass is 9.79. The van der Waals surface area contributed by atoms with Crippen molar-refractivity contribution in [2.75, 3.05) is 7.05 Å². The van der Waals surface area contributed by atoms with Gasteiger partial charge in [-0.05, 0) is 25.7 Å². The standard InChI is InChI=1S/C11H21N3O2/c1-4-11(5-2,9(12)13-16)10(15)14(3)8-6-7-8/h8,16H,4-7H2,1-3H3,(H2,12,13). The Morgan fingerprint density at radius 1 is 1.50 bits per heavy atom. The average Bonchev–Trinajstić information content (AvgIpc) is 3.13. The molecule has 0 aliphatic heterocycles. The Morgan fingerprint density at radius 2 is 2.00 bits per heavy atom. The van der Waals surface area contributed by atoms with E-state index in [1.807, 2.05) is 13.8 Å². The summed E-state index contributed by atoms with van der Waals surface area (Å²) in [4.78, 5) is 14.1. The molecule has 1 rings (SSSR count). The molecule has 1 amide bonds. The molecule has 92 valence electrons. The monoisotopic (exact) mass is 227 g/mol. The van der Waals surface area contributed by atoms with Gasteiger partial charge in [0, 0.05) is 13.1 Å². The number of nitrogens with two attached hydrogens (primary N) is 1. The van der Waals surface area contributed by atoms with E-state index in [1.54, 1.807) is 11.9 Å². The van der Waals surface area contributed by atoms with Crippen molar-refractivity contribution >= 4 is 11.7 Å². The second-order valence-corrected chi connectivity index (χ2v) is 4.42. The number of hydrogen-bond donors (Lipinski definition) is 2. The van der Waals surface area contributed by atoms with Crippen LogP contribution >= 0.6 is 0 Å². The molecule has 5 nitrogen and oxygen atoms in total. The zero-order chi connectivity index (χ0) is 12.3. The van der Waals surface area contributed by atoms with Gasteiger partial charge in [-0.2, -0.15) is 0 Å². The van der Waals surface area contributed by atoms with E-state index >= 15 is 0 Å². The van der Waals surface area contributed by atoms with Gasteiger partial charge in [0.25, 0.3) is 0 Å². The number of hydrogen-bond acceptors (Lipinski definition) is 3. The van der Waals surface area contributed by atoms with Gasteiger partial charge in [0.15, 0.2) is 5.84 Å². The molecule has 5 heteroatoms. The minimum absolute atomic E-state index is 0.0231. The third-order valence-corrected chi connectivity index (χ3v) is 3.63. The lowest BCUT2D eigenvalue weighted by molar-refractivity contribution is -0.138. The summed E-state index contributed by atoms with van der Waals surface area (Å²) in [6.45, 7) is 3.78. The Balaban J connectivity index is 2.95.